The molecule has 0 aliphatic heterocycles. The van der Waals surface area contributed by atoms with E-state index < -0.39 is 0 Å². The molecule has 0 N–H and O–H groups in total. The molecule has 0 unspecified atom stereocenters. The van der Waals surface area contributed by atoms with Gasteiger partial charge in [-0.05, 0) is 26.0 Å². The Balaban J connectivity index is 2.27. The van der Waals surface area contributed by atoms with Gasteiger partial charge in [0.2, 0.25) is 0 Å². The van der Waals surface area contributed by atoms with Crippen molar-refractivity contribution in [3.63, 3.8) is 0 Å². The Morgan fingerprint density at radius 1 is 1.35 bits per heavy atom. The second kappa shape index (κ2) is 6.47. The first-order chi connectivity index (χ1) is 9.62. The molecular formula is C14H15N3O2S. The van der Waals surface area contributed by atoms with Crippen LogP contribution in [-0.4, -0.2) is 32.8 Å². The Kier molecular flexibility index (Phi) is 4.68. The Labute approximate surface area is 121 Å². The summed E-state index contributed by atoms with van der Waals surface area (Å²) in [5, 5.41) is 0. The van der Waals surface area contributed by atoms with Gasteiger partial charge in [0.1, 0.15) is 12.9 Å². The number of nitrogens with zero attached hydrogens (tertiary/aromatic N) is 3. The van der Waals surface area contributed by atoms with E-state index in [0.717, 1.165) is 16.2 Å². The number of carbonyl (C=O) groups is 1. The third-order valence-corrected chi connectivity index (χ3v) is 3.69. The lowest BCUT2D eigenvalue weighted by Crippen LogP contribution is -2.22. The molecule has 0 spiro atoms. The van der Waals surface area contributed by atoms with Crippen molar-refractivity contribution < 1.29 is 9.53 Å². The zero-order chi connectivity index (χ0) is 14.4. The van der Waals surface area contributed by atoms with E-state index >= 15 is 0 Å². The smallest absolute Gasteiger partial charge is 0.293 e. The molecule has 0 amide bonds. The van der Waals surface area contributed by atoms with Crippen molar-refractivity contribution in [1.29, 1.82) is 0 Å². The van der Waals surface area contributed by atoms with Crippen molar-refractivity contribution in [1.82, 2.24) is 15.0 Å². The number of pyridine rings is 1. The molecule has 2 heterocycles. The van der Waals surface area contributed by atoms with E-state index in [1.807, 2.05) is 26.0 Å². The largest absolute Gasteiger partial charge is 0.466 e. The average molecular weight is 289 g/mol. The van der Waals surface area contributed by atoms with Gasteiger partial charge in [-0.15, -0.1) is 11.8 Å². The lowest BCUT2D eigenvalue weighted by atomic mass is 10.2. The standard InChI is InChI=1S/C14H15N3O2S/c1-14(2,8-19-10-18)20-12-7-16-9-17-13(12)11-4-3-5-15-6-11/h3-7,9-10H,8H2,1-2H3. The van der Waals surface area contributed by atoms with Crippen LogP contribution < -0.4 is 0 Å². The Bertz CT molecular complexity index is 576. The minimum Gasteiger partial charge on any atom is -0.466 e. The number of hydrogen-bond acceptors (Lipinski definition) is 6. The summed E-state index contributed by atoms with van der Waals surface area (Å²) < 4.78 is 4.60. The highest BCUT2D eigenvalue weighted by molar-refractivity contribution is 8.00. The lowest BCUT2D eigenvalue weighted by Gasteiger charge is -2.23. The maximum Gasteiger partial charge on any atom is 0.293 e. The molecule has 0 aliphatic rings. The fraction of sp³-hybridized carbons (Fsp3) is 0.286. The number of ether oxygens (including phenoxy) is 1. The molecule has 0 aliphatic carbocycles. The van der Waals surface area contributed by atoms with Crippen LogP contribution in [0.2, 0.25) is 0 Å². The van der Waals surface area contributed by atoms with E-state index in [1.54, 1.807) is 30.4 Å². The molecule has 0 fully saturated rings. The van der Waals surface area contributed by atoms with E-state index in [9.17, 15) is 4.79 Å². The molecule has 2 rings (SSSR count). The molecule has 0 atom stereocenters. The van der Waals surface area contributed by atoms with Crippen LogP contribution in [0.25, 0.3) is 11.3 Å². The molecule has 20 heavy (non-hydrogen) atoms. The summed E-state index contributed by atoms with van der Waals surface area (Å²) in [6, 6.07) is 3.82. The predicted molar refractivity (Wildman–Crippen MR) is 77.2 cm³/mol. The van der Waals surface area contributed by atoms with Crippen LogP contribution in [0.4, 0.5) is 0 Å². The summed E-state index contributed by atoms with van der Waals surface area (Å²) in [6.45, 7) is 4.79. The normalized spacial score (nSPS) is 11.1. The topological polar surface area (TPSA) is 65.0 Å². The second-order valence-corrected chi connectivity index (χ2v) is 6.50. The Morgan fingerprint density at radius 2 is 2.20 bits per heavy atom. The fourth-order valence-corrected chi connectivity index (χ4v) is 2.78. The van der Waals surface area contributed by atoms with Crippen LogP contribution in [0.3, 0.4) is 0 Å². The van der Waals surface area contributed by atoms with Gasteiger partial charge in [0.25, 0.3) is 6.47 Å². The average Bonchev–Trinajstić information content (AvgIpc) is 2.46. The monoisotopic (exact) mass is 289 g/mol. The van der Waals surface area contributed by atoms with E-state index in [-0.39, 0.29) is 4.75 Å². The van der Waals surface area contributed by atoms with Gasteiger partial charge < -0.3 is 4.74 Å². The molecule has 104 valence electrons. The van der Waals surface area contributed by atoms with Crippen LogP contribution in [0, 0.1) is 0 Å². The number of rotatable bonds is 6. The maximum absolute atomic E-state index is 10.3. The first-order valence-electron chi connectivity index (χ1n) is 6.07. The molecule has 2 aromatic rings. The highest BCUT2D eigenvalue weighted by Crippen LogP contribution is 2.37. The summed E-state index contributed by atoms with van der Waals surface area (Å²) in [5.74, 6) is 0. The van der Waals surface area contributed by atoms with Crippen LogP contribution in [0.1, 0.15) is 13.8 Å². The van der Waals surface area contributed by atoms with Gasteiger partial charge in [0.05, 0.1) is 10.6 Å². The third-order valence-electron chi connectivity index (χ3n) is 2.50. The highest BCUT2D eigenvalue weighted by atomic mass is 32.2. The van der Waals surface area contributed by atoms with E-state index in [0.29, 0.717) is 13.1 Å². The summed E-state index contributed by atoms with van der Waals surface area (Å²) in [5.41, 5.74) is 1.77. The lowest BCUT2D eigenvalue weighted by molar-refractivity contribution is -0.129. The van der Waals surface area contributed by atoms with Crippen molar-refractivity contribution >= 4 is 18.2 Å². The molecule has 0 saturated heterocycles. The van der Waals surface area contributed by atoms with Crippen LogP contribution in [-0.2, 0) is 9.53 Å². The van der Waals surface area contributed by atoms with Gasteiger partial charge in [0, 0.05) is 28.9 Å². The molecule has 5 nitrogen and oxygen atoms in total. The van der Waals surface area contributed by atoms with E-state index in [1.165, 1.54) is 6.33 Å². The third kappa shape index (κ3) is 3.77. The van der Waals surface area contributed by atoms with Crippen molar-refractivity contribution in [2.45, 2.75) is 23.5 Å². The zero-order valence-electron chi connectivity index (χ0n) is 11.3. The minimum atomic E-state index is -0.261. The van der Waals surface area contributed by atoms with Crippen molar-refractivity contribution in [2.75, 3.05) is 6.61 Å². The quantitative estimate of drug-likeness (QED) is 0.601. The minimum absolute atomic E-state index is 0.261. The van der Waals surface area contributed by atoms with Gasteiger partial charge in [-0.2, -0.15) is 0 Å². The Morgan fingerprint density at radius 3 is 2.90 bits per heavy atom. The van der Waals surface area contributed by atoms with Crippen LogP contribution in [0.15, 0.2) is 41.9 Å². The van der Waals surface area contributed by atoms with E-state index in [4.69, 9.17) is 4.74 Å². The number of aromatic nitrogens is 3. The van der Waals surface area contributed by atoms with Crippen molar-refractivity contribution in [3.05, 3.63) is 37.1 Å². The first kappa shape index (κ1) is 14.5. The number of carbonyl (C=O) groups excluding carboxylic acids is 1. The molecule has 0 saturated carbocycles. The summed E-state index contributed by atoms with van der Waals surface area (Å²) in [4.78, 5) is 23.8. The molecule has 0 bridgehead atoms. The van der Waals surface area contributed by atoms with Crippen molar-refractivity contribution in [2.24, 2.45) is 0 Å². The van der Waals surface area contributed by atoms with Gasteiger partial charge in [-0.25, -0.2) is 9.97 Å². The first-order valence-corrected chi connectivity index (χ1v) is 6.89. The summed E-state index contributed by atoms with van der Waals surface area (Å²) in [6.07, 6.45) is 6.77. The van der Waals surface area contributed by atoms with Gasteiger partial charge in [0.15, 0.2) is 0 Å². The van der Waals surface area contributed by atoms with Gasteiger partial charge >= 0.3 is 0 Å². The Hall–Kier alpha value is -1.95. The SMILES string of the molecule is CC(C)(COC=O)Sc1cncnc1-c1cccnc1. The summed E-state index contributed by atoms with van der Waals surface area (Å²) in [7, 11) is 0. The molecule has 2 aromatic heterocycles. The van der Waals surface area contributed by atoms with Gasteiger partial charge in [-0.3, -0.25) is 9.78 Å². The molecule has 6 heteroatoms. The predicted octanol–water partition coefficient (Wildman–Crippen LogP) is 2.58. The van der Waals surface area contributed by atoms with E-state index in [2.05, 4.69) is 15.0 Å². The summed E-state index contributed by atoms with van der Waals surface area (Å²) >= 11 is 1.57. The fourth-order valence-electron chi connectivity index (χ4n) is 1.67. The van der Waals surface area contributed by atoms with Crippen LogP contribution >= 0.6 is 11.8 Å². The van der Waals surface area contributed by atoms with Crippen molar-refractivity contribution in [3.8, 4) is 11.3 Å². The molecule has 0 radical (unpaired) electrons. The number of hydrogen-bond donors (Lipinski definition) is 0. The van der Waals surface area contributed by atoms with Crippen LogP contribution in [0.5, 0.6) is 0 Å². The zero-order valence-corrected chi connectivity index (χ0v) is 12.1. The maximum atomic E-state index is 10.3. The second-order valence-electron chi connectivity index (χ2n) is 4.75. The number of thioether (sulfide) groups is 1. The highest BCUT2D eigenvalue weighted by Gasteiger charge is 2.23. The molecular weight excluding hydrogens is 274 g/mol. The molecule has 0 aromatic carbocycles. The van der Waals surface area contributed by atoms with Gasteiger partial charge in [-0.1, -0.05) is 0 Å².